The van der Waals surface area contributed by atoms with Crippen molar-refractivity contribution < 1.29 is 18.4 Å². The van der Waals surface area contributed by atoms with Crippen molar-refractivity contribution in [2.45, 2.75) is 18.0 Å². The predicted molar refractivity (Wildman–Crippen MR) is 91.9 cm³/mol. The van der Waals surface area contributed by atoms with E-state index in [1.165, 1.54) is 29.4 Å². The van der Waals surface area contributed by atoms with Crippen molar-refractivity contribution in [1.82, 2.24) is 14.9 Å². The van der Waals surface area contributed by atoms with Gasteiger partial charge in [-0.2, -0.15) is 0 Å². The average molecular weight is 423 g/mol. The van der Waals surface area contributed by atoms with Crippen molar-refractivity contribution in [3.63, 3.8) is 0 Å². The summed E-state index contributed by atoms with van der Waals surface area (Å²) >= 11 is 3.09. The summed E-state index contributed by atoms with van der Waals surface area (Å²) in [6.45, 7) is -0.334. The normalized spacial score (nSPS) is 23.7. The van der Waals surface area contributed by atoms with E-state index in [4.69, 9.17) is 0 Å². The van der Waals surface area contributed by atoms with Crippen LogP contribution in [-0.4, -0.2) is 45.9 Å². The van der Waals surface area contributed by atoms with Crippen LogP contribution in [0.15, 0.2) is 35.1 Å². The summed E-state index contributed by atoms with van der Waals surface area (Å²) in [5.74, 6) is -1.50. The molecule has 1 N–H and O–H groups in total. The number of hydrogen-bond donors (Lipinski definition) is 1. The lowest BCUT2D eigenvalue weighted by Crippen LogP contribution is -2.48. The van der Waals surface area contributed by atoms with Crippen LogP contribution in [0.1, 0.15) is 22.3 Å². The highest BCUT2D eigenvalue weighted by Crippen LogP contribution is 2.55. The third-order valence-corrected chi connectivity index (χ3v) is 5.33. The fourth-order valence-corrected chi connectivity index (χ4v) is 3.72. The van der Waals surface area contributed by atoms with Crippen LogP contribution in [-0.2, 0) is 10.2 Å². The van der Waals surface area contributed by atoms with Crippen LogP contribution in [0.5, 0.6) is 0 Å². The lowest BCUT2D eigenvalue weighted by atomic mass is 9.85. The van der Waals surface area contributed by atoms with Crippen LogP contribution in [0.4, 0.5) is 14.7 Å². The molecule has 6 nitrogen and oxygen atoms in total. The van der Waals surface area contributed by atoms with E-state index in [-0.39, 0.29) is 41.1 Å². The zero-order valence-electron chi connectivity index (χ0n) is 13.4. The molecule has 1 aliphatic heterocycles. The highest BCUT2D eigenvalue weighted by atomic mass is 79.9. The van der Waals surface area contributed by atoms with Crippen molar-refractivity contribution in [2.24, 2.45) is 0 Å². The average Bonchev–Trinajstić information content (AvgIpc) is 3.25. The van der Waals surface area contributed by atoms with E-state index < -0.39 is 29.2 Å². The molecule has 2 aliphatic rings. The van der Waals surface area contributed by atoms with Crippen LogP contribution >= 0.6 is 15.9 Å². The quantitative estimate of drug-likeness (QED) is 0.823. The number of amides is 2. The van der Waals surface area contributed by atoms with Crippen molar-refractivity contribution in [2.75, 3.05) is 18.4 Å². The van der Waals surface area contributed by atoms with Gasteiger partial charge in [-0.1, -0.05) is 0 Å². The number of fused-ring (bicyclic) bond motifs is 2. The smallest absolute Gasteiger partial charge is 0.254 e. The molecule has 1 aliphatic carbocycles. The molecule has 1 aromatic carbocycles. The highest BCUT2D eigenvalue weighted by Gasteiger charge is 2.62. The first kappa shape index (κ1) is 17.0. The molecular formula is C17H13BrF2N4O2. The number of rotatable bonds is 3. The van der Waals surface area contributed by atoms with Gasteiger partial charge in [0.1, 0.15) is 18.5 Å². The standard InChI is InChI=1S/C17H13BrF2N4O2/c18-10-3-2-9-13(14(10)20)17(6-11(17)19)8-24(15(9)26)7-12(25)23-16-21-4-1-5-22-16/h1-5,11H,6-8H2,(H,21,22,23,25)/t11-,17+/m0/s1. The molecule has 2 heterocycles. The zero-order chi connectivity index (χ0) is 18.5. The summed E-state index contributed by atoms with van der Waals surface area (Å²) in [6.07, 6.45) is 1.82. The van der Waals surface area contributed by atoms with Crippen LogP contribution in [0, 0.1) is 5.82 Å². The van der Waals surface area contributed by atoms with E-state index in [1.54, 1.807) is 6.07 Å². The predicted octanol–water partition coefficient (Wildman–Crippen LogP) is 2.45. The van der Waals surface area contributed by atoms with Gasteiger partial charge in [0.2, 0.25) is 11.9 Å². The molecule has 1 fully saturated rings. The molecule has 134 valence electrons. The number of carbonyl (C=O) groups excluding carboxylic acids is 2. The summed E-state index contributed by atoms with van der Waals surface area (Å²) in [4.78, 5) is 33.9. The summed E-state index contributed by atoms with van der Waals surface area (Å²) in [5, 5.41) is 2.48. The van der Waals surface area contributed by atoms with Gasteiger partial charge in [0.15, 0.2) is 0 Å². The molecule has 0 unspecified atom stereocenters. The third kappa shape index (κ3) is 2.66. The van der Waals surface area contributed by atoms with E-state index in [1.807, 2.05) is 0 Å². The molecule has 0 bridgehead atoms. The number of anilines is 1. The molecule has 2 amide bonds. The minimum atomic E-state index is -1.25. The Kier molecular flexibility index (Phi) is 3.98. The first-order valence-electron chi connectivity index (χ1n) is 7.91. The Bertz CT molecular complexity index is 911. The van der Waals surface area contributed by atoms with E-state index in [2.05, 4.69) is 31.2 Å². The van der Waals surface area contributed by atoms with Gasteiger partial charge in [-0.3, -0.25) is 14.9 Å². The number of benzene rings is 1. The molecule has 1 spiro atoms. The SMILES string of the molecule is O=C(CN1C[C@@]2(C[C@@H]2F)c2c(ccc(Br)c2F)C1=O)Nc1ncccn1. The lowest BCUT2D eigenvalue weighted by molar-refractivity contribution is -0.117. The van der Waals surface area contributed by atoms with Gasteiger partial charge in [0.25, 0.3) is 5.91 Å². The molecule has 2 aromatic rings. The number of nitrogens with one attached hydrogen (secondary N) is 1. The molecule has 2 atom stereocenters. The Balaban J connectivity index is 1.60. The second-order valence-electron chi connectivity index (χ2n) is 6.39. The first-order chi connectivity index (χ1) is 12.4. The van der Waals surface area contributed by atoms with E-state index in [0.29, 0.717) is 0 Å². The first-order valence-corrected chi connectivity index (χ1v) is 8.70. The maximum atomic E-state index is 14.6. The summed E-state index contributed by atoms with van der Waals surface area (Å²) < 4.78 is 28.9. The van der Waals surface area contributed by atoms with Gasteiger partial charge in [-0.25, -0.2) is 18.7 Å². The highest BCUT2D eigenvalue weighted by molar-refractivity contribution is 9.10. The molecular weight excluding hydrogens is 410 g/mol. The number of carbonyl (C=O) groups is 2. The second kappa shape index (κ2) is 6.08. The van der Waals surface area contributed by atoms with E-state index in [9.17, 15) is 18.4 Å². The molecule has 0 radical (unpaired) electrons. The Hall–Kier alpha value is -2.42. The molecule has 0 saturated heterocycles. The largest absolute Gasteiger partial charge is 0.328 e. The number of aromatic nitrogens is 2. The Labute approximate surface area is 155 Å². The minimum absolute atomic E-state index is 0.0452. The Morgan fingerprint density at radius 2 is 2.08 bits per heavy atom. The van der Waals surface area contributed by atoms with Gasteiger partial charge >= 0.3 is 0 Å². The van der Waals surface area contributed by atoms with Gasteiger partial charge in [0.05, 0.1) is 9.89 Å². The summed E-state index contributed by atoms with van der Waals surface area (Å²) in [5.41, 5.74) is -0.881. The minimum Gasteiger partial charge on any atom is -0.328 e. The molecule has 1 aromatic heterocycles. The van der Waals surface area contributed by atoms with Gasteiger partial charge in [-0.15, -0.1) is 0 Å². The van der Waals surface area contributed by atoms with Crippen LogP contribution in [0.2, 0.25) is 0 Å². The molecule has 26 heavy (non-hydrogen) atoms. The van der Waals surface area contributed by atoms with Crippen LogP contribution in [0.3, 0.4) is 0 Å². The molecule has 9 heteroatoms. The van der Waals surface area contributed by atoms with Crippen LogP contribution in [0.25, 0.3) is 0 Å². The number of halogens is 3. The van der Waals surface area contributed by atoms with Gasteiger partial charge in [-0.05, 0) is 40.5 Å². The van der Waals surface area contributed by atoms with Crippen LogP contribution < -0.4 is 5.32 Å². The van der Waals surface area contributed by atoms with Crippen molar-refractivity contribution in [3.8, 4) is 0 Å². The van der Waals surface area contributed by atoms with Gasteiger partial charge in [0, 0.05) is 30.1 Å². The monoisotopic (exact) mass is 422 g/mol. The third-order valence-electron chi connectivity index (χ3n) is 4.72. The fourth-order valence-electron chi connectivity index (χ4n) is 3.39. The lowest BCUT2D eigenvalue weighted by Gasteiger charge is -2.34. The maximum Gasteiger partial charge on any atom is 0.254 e. The number of nitrogens with zero attached hydrogens (tertiary/aromatic N) is 3. The maximum absolute atomic E-state index is 14.6. The van der Waals surface area contributed by atoms with E-state index in [0.717, 1.165) is 0 Å². The summed E-state index contributed by atoms with van der Waals surface area (Å²) in [7, 11) is 0. The fraction of sp³-hybridized carbons (Fsp3) is 0.294. The summed E-state index contributed by atoms with van der Waals surface area (Å²) in [6, 6.07) is 4.48. The Morgan fingerprint density at radius 3 is 2.73 bits per heavy atom. The molecule has 1 saturated carbocycles. The van der Waals surface area contributed by atoms with Crippen molar-refractivity contribution in [3.05, 3.63) is 52.0 Å². The number of alkyl halides is 1. The Morgan fingerprint density at radius 1 is 1.38 bits per heavy atom. The van der Waals surface area contributed by atoms with E-state index >= 15 is 0 Å². The molecule has 4 rings (SSSR count). The van der Waals surface area contributed by atoms with Crippen molar-refractivity contribution in [1.29, 1.82) is 0 Å². The topological polar surface area (TPSA) is 75.2 Å². The second-order valence-corrected chi connectivity index (χ2v) is 7.25. The zero-order valence-corrected chi connectivity index (χ0v) is 15.0. The number of hydrogen-bond acceptors (Lipinski definition) is 4. The van der Waals surface area contributed by atoms with Gasteiger partial charge < -0.3 is 4.90 Å². The van der Waals surface area contributed by atoms with Crippen molar-refractivity contribution >= 4 is 33.7 Å².